The van der Waals surface area contributed by atoms with Crippen LogP contribution in [0.3, 0.4) is 0 Å². The molecule has 1 saturated heterocycles. The van der Waals surface area contributed by atoms with E-state index >= 15 is 0 Å². The van der Waals surface area contributed by atoms with E-state index in [1.54, 1.807) is 0 Å². The minimum absolute atomic E-state index is 0.0109. The number of carbonyl (C=O) groups excluding carboxylic acids is 2. The first kappa shape index (κ1) is 15.3. The second kappa shape index (κ2) is 5.69. The minimum atomic E-state index is -0.377. The number of hydrogen-bond donors (Lipinski definition) is 3. The maximum absolute atomic E-state index is 12.1. The van der Waals surface area contributed by atoms with Gasteiger partial charge in [-0.25, -0.2) is 4.79 Å². The monoisotopic (exact) mass is 282 g/mol. The number of carbonyl (C=O) groups is 2. The van der Waals surface area contributed by atoms with Crippen LogP contribution in [0.15, 0.2) is 0 Å². The molecule has 1 aliphatic carbocycles. The third-order valence-corrected chi connectivity index (χ3v) is 4.42. The van der Waals surface area contributed by atoms with Gasteiger partial charge in [0.25, 0.3) is 0 Å². The summed E-state index contributed by atoms with van der Waals surface area (Å²) in [5.41, 5.74) is 6.09. The van der Waals surface area contributed by atoms with Crippen molar-refractivity contribution in [3.63, 3.8) is 0 Å². The summed E-state index contributed by atoms with van der Waals surface area (Å²) in [7, 11) is 0. The smallest absolute Gasteiger partial charge is 0.321 e. The van der Waals surface area contributed by atoms with E-state index in [1.165, 1.54) is 0 Å². The normalized spacial score (nSPS) is 27.7. The van der Waals surface area contributed by atoms with E-state index < -0.39 is 0 Å². The van der Waals surface area contributed by atoms with Crippen LogP contribution in [0.2, 0.25) is 0 Å². The third kappa shape index (κ3) is 3.70. The summed E-state index contributed by atoms with van der Waals surface area (Å²) in [4.78, 5) is 25.8. The summed E-state index contributed by atoms with van der Waals surface area (Å²) >= 11 is 0. The van der Waals surface area contributed by atoms with Gasteiger partial charge < -0.3 is 11.1 Å². The van der Waals surface area contributed by atoms with Crippen molar-refractivity contribution in [1.82, 2.24) is 15.5 Å². The zero-order chi connectivity index (χ0) is 14.9. The standard InChI is InChI=1S/C14H26N4O2/c1-9(12(19)17-13(20)16-10-4-5-10)18-7-6-11(15)14(2,3)8-18/h9-11H,4-8,15H2,1-3H3,(H2,16,17,19,20). The van der Waals surface area contributed by atoms with Gasteiger partial charge in [0.2, 0.25) is 5.91 Å². The lowest BCUT2D eigenvalue weighted by Gasteiger charge is -2.44. The zero-order valence-corrected chi connectivity index (χ0v) is 12.6. The van der Waals surface area contributed by atoms with E-state index in [9.17, 15) is 9.59 Å². The molecule has 2 aliphatic rings. The highest BCUT2D eigenvalue weighted by molar-refractivity contribution is 5.97. The molecule has 0 aromatic rings. The molecule has 0 radical (unpaired) electrons. The Morgan fingerprint density at radius 2 is 1.95 bits per heavy atom. The van der Waals surface area contributed by atoms with Gasteiger partial charge in [0.15, 0.2) is 0 Å². The second-order valence-corrected chi connectivity index (χ2v) is 6.77. The molecule has 6 nitrogen and oxygen atoms in total. The number of piperidine rings is 1. The molecular formula is C14H26N4O2. The highest BCUT2D eigenvalue weighted by Gasteiger charge is 2.37. The van der Waals surface area contributed by atoms with Crippen molar-refractivity contribution in [2.24, 2.45) is 11.1 Å². The molecule has 2 rings (SSSR count). The Bertz CT molecular complexity index is 393. The molecule has 2 atom stereocenters. The maximum Gasteiger partial charge on any atom is 0.321 e. The van der Waals surface area contributed by atoms with E-state index in [0.29, 0.717) is 0 Å². The molecule has 3 amide bonds. The lowest BCUT2D eigenvalue weighted by Crippen LogP contribution is -2.58. The lowest BCUT2D eigenvalue weighted by molar-refractivity contribution is -0.126. The Balaban J connectivity index is 1.84. The van der Waals surface area contributed by atoms with E-state index in [2.05, 4.69) is 29.4 Å². The summed E-state index contributed by atoms with van der Waals surface area (Å²) < 4.78 is 0. The van der Waals surface area contributed by atoms with Gasteiger partial charge >= 0.3 is 6.03 Å². The highest BCUT2D eigenvalue weighted by Crippen LogP contribution is 2.28. The van der Waals surface area contributed by atoms with E-state index in [-0.39, 0.29) is 35.5 Å². The summed E-state index contributed by atoms with van der Waals surface area (Å²) in [6, 6.07) is -0.277. The number of nitrogens with one attached hydrogen (secondary N) is 2. The number of rotatable bonds is 3. The number of imide groups is 1. The van der Waals surface area contributed by atoms with Crippen molar-refractivity contribution >= 4 is 11.9 Å². The van der Waals surface area contributed by atoms with Gasteiger partial charge in [0.1, 0.15) is 0 Å². The average Bonchev–Trinajstić information content (AvgIpc) is 3.15. The molecule has 0 spiro atoms. The fourth-order valence-electron chi connectivity index (χ4n) is 2.58. The van der Waals surface area contributed by atoms with Gasteiger partial charge in [-0.05, 0) is 31.6 Å². The van der Waals surface area contributed by atoms with Gasteiger partial charge in [-0.15, -0.1) is 0 Å². The molecule has 1 saturated carbocycles. The van der Waals surface area contributed by atoms with Gasteiger partial charge in [-0.2, -0.15) is 0 Å². The molecule has 4 N–H and O–H groups in total. The molecule has 0 aromatic carbocycles. The number of nitrogens with zero attached hydrogens (tertiary/aromatic N) is 1. The Kier molecular flexibility index (Phi) is 4.34. The van der Waals surface area contributed by atoms with Crippen LogP contribution in [0.4, 0.5) is 4.79 Å². The molecule has 20 heavy (non-hydrogen) atoms. The SMILES string of the molecule is CC(C(=O)NC(=O)NC1CC1)N1CCC(N)C(C)(C)C1. The molecule has 6 heteroatoms. The summed E-state index contributed by atoms with van der Waals surface area (Å²) in [5, 5.41) is 5.18. The van der Waals surface area contributed by atoms with Crippen molar-refractivity contribution in [2.75, 3.05) is 13.1 Å². The fourth-order valence-corrected chi connectivity index (χ4v) is 2.58. The molecule has 1 heterocycles. The molecule has 2 fully saturated rings. The Morgan fingerprint density at radius 1 is 1.30 bits per heavy atom. The van der Waals surface area contributed by atoms with E-state index in [1.807, 2.05) is 6.92 Å². The Hall–Kier alpha value is -1.14. The average molecular weight is 282 g/mol. The van der Waals surface area contributed by atoms with Crippen molar-refractivity contribution in [3.05, 3.63) is 0 Å². The minimum Gasteiger partial charge on any atom is -0.335 e. The van der Waals surface area contributed by atoms with Crippen LogP contribution in [0.25, 0.3) is 0 Å². The molecule has 114 valence electrons. The second-order valence-electron chi connectivity index (χ2n) is 6.77. The number of amides is 3. The van der Waals surface area contributed by atoms with Gasteiger partial charge in [-0.3, -0.25) is 15.0 Å². The van der Waals surface area contributed by atoms with Crippen LogP contribution in [-0.4, -0.2) is 48.1 Å². The molecule has 2 unspecified atom stereocenters. The van der Waals surface area contributed by atoms with Gasteiger partial charge in [0, 0.05) is 25.2 Å². The number of nitrogens with two attached hydrogens (primary N) is 1. The van der Waals surface area contributed by atoms with Crippen LogP contribution < -0.4 is 16.4 Å². The predicted molar refractivity (Wildman–Crippen MR) is 77.1 cm³/mol. The van der Waals surface area contributed by atoms with Crippen LogP contribution in [-0.2, 0) is 4.79 Å². The maximum atomic E-state index is 12.1. The Morgan fingerprint density at radius 3 is 2.50 bits per heavy atom. The van der Waals surface area contributed by atoms with E-state index in [0.717, 1.165) is 32.4 Å². The van der Waals surface area contributed by atoms with Crippen LogP contribution in [0.5, 0.6) is 0 Å². The first-order valence-electron chi connectivity index (χ1n) is 7.40. The summed E-state index contributed by atoms with van der Waals surface area (Å²) in [6.07, 6.45) is 2.89. The van der Waals surface area contributed by atoms with Crippen LogP contribution >= 0.6 is 0 Å². The van der Waals surface area contributed by atoms with Crippen molar-refractivity contribution < 1.29 is 9.59 Å². The summed E-state index contributed by atoms with van der Waals surface area (Å²) in [6.45, 7) is 7.64. The first-order chi connectivity index (χ1) is 9.29. The fraction of sp³-hybridized carbons (Fsp3) is 0.857. The van der Waals surface area contributed by atoms with Crippen LogP contribution in [0, 0.1) is 5.41 Å². The molecule has 1 aliphatic heterocycles. The number of hydrogen-bond acceptors (Lipinski definition) is 4. The van der Waals surface area contributed by atoms with Crippen molar-refractivity contribution in [1.29, 1.82) is 0 Å². The molecular weight excluding hydrogens is 256 g/mol. The van der Waals surface area contributed by atoms with E-state index in [4.69, 9.17) is 5.73 Å². The quantitative estimate of drug-likeness (QED) is 0.700. The Labute approximate surface area is 120 Å². The van der Waals surface area contributed by atoms with Gasteiger partial charge in [-0.1, -0.05) is 13.8 Å². The largest absolute Gasteiger partial charge is 0.335 e. The lowest BCUT2D eigenvalue weighted by atomic mass is 9.79. The zero-order valence-electron chi connectivity index (χ0n) is 12.6. The molecule has 0 aromatic heterocycles. The van der Waals surface area contributed by atoms with Crippen molar-refractivity contribution in [2.45, 2.75) is 58.2 Å². The topological polar surface area (TPSA) is 87.5 Å². The predicted octanol–water partition coefficient (Wildman–Crippen LogP) is 0.422. The first-order valence-corrected chi connectivity index (χ1v) is 7.40. The number of urea groups is 1. The number of likely N-dealkylation sites (tertiary alicyclic amines) is 1. The highest BCUT2D eigenvalue weighted by atomic mass is 16.2. The van der Waals surface area contributed by atoms with Crippen LogP contribution in [0.1, 0.15) is 40.0 Å². The van der Waals surface area contributed by atoms with Gasteiger partial charge in [0.05, 0.1) is 6.04 Å². The van der Waals surface area contributed by atoms with Crippen molar-refractivity contribution in [3.8, 4) is 0 Å². The summed E-state index contributed by atoms with van der Waals surface area (Å²) in [5.74, 6) is -0.241. The third-order valence-electron chi connectivity index (χ3n) is 4.42. The molecule has 0 bridgehead atoms.